The van der Waals surface area contributed by atoms with Crippen molar-refractivity contribution < 1.29 is 36.3 Å². The summed E-state index contributed by atoms with van der Waals surface area (Å²) in [4.78, 5) is 21.1. The Hall–Kier alpha value is -1.99. The van der Waals surface area contributed by atoms with Gasteiger partial charge in [-0.05, 0) is 12.1 Å². The molecule has 0 radical (unpaired) electrons. The second kappa shape index (κ2) is 5.11. The number of carbonyl (C=O) groups is 2. The van der Waals surface area contributed by atoms with Gasteiger partial charge >= 0.3 is 12.8 Å². The molecule has 1 rings (SSSR count). The van der Waals surface area contributed by atoms with Gasteiger partial charge in [0.15, 0.2) is 12.6 Å². The number of alkyl halides is 5. The summed E-state index contributed by atoms with van der Waals surface area (Å²) in [5, 5.41) is 0. The average Bonchev–Trinajstić information content (AvgIpc) is 2.26. The third-order valence-corrected chi connectivity index (χ3v) is 1.98. The lowest BCUT2D eigenvalue weighted by molar-refractivity contribution is -0.138. The topological polar surface area (TPSA) is 43.4 Å². The summed E-state index contributed by atoms with van der Waals surface area (Å²) in [6.45, 7) is -3.45. The third kappa shape index (κ3) is 2.82. The van der Waals surface area contributed by atoms with Crippen LogP contribution in [0.1, 0.15) is 26.3 Å². The molecule has 0 aliphatic heterocycles. The van der Waals surface area contributed by atoms with E-state index < -0.39 is 35.2 Å². The van der Waals surface area contributed by atoms with Crippen LogP contribution in [-0.2, 0) is 6.18 Å². The minimum absolute atomic E-state index is 0.0187. The highest BCUT2D eigenvalue weighted by atomic mass is 19.4. The van der Waals surface area contributed by atoms with Crippen LogP contribution in [0.5, 0.6) is 5.75 Å². The number of benzene rings is 1. The summed E-state index contributed by atoms with van der Waals surface area (Å²) in [5.41, 5.74) is -3.14. The molecule has 0 bridgehead atoms. The summed E-state index contributed by atoms with van der Waals surface area (Å²) in [6.07, 6.45) is -5.18. The Balaban J connectivity index is 3.51. The molecule has 0 aromatic heterocycles. The zero-order valence-electron chi connectivity index (χ0n) is 8.50. The molecule has 1 aromatic rings. The van der Waals surface area contributed by atoms with E-state index in [1.807, 2.05) is 0 Å². The fourth-order valence-electron chi connectivity index (χ4n) is 1.29. The molecule has 0 amide bonds. The Labute approximate surface area is 97.2 Å². The molecule has 0 atom stereocenters. The predicted octanol–water partition coefficient (Wildman–Crippen LogP) is 2.93. The second-order valence-electron chi connectivity index (χ2n) is 3.06. The second-order valence-corrected chi connectivity index (χ2v) is 3.06. The van der Waals surface area contributed by atoms with Crippen molar-refractivity contribution in [2.24, 2.45) is 0 Å². The number of rotatable bonds is 4. The predicted molar refractivity (Wildman–Crippen MR) is 48.9 cm³/mol. The van der Waals surface area contributed by atoms with E-state index in [0.29, 0.717) is 12.1 Å². The number of ether oxygens (including phenoxy) is 1. The van der Waals surface area contributed by atoms with E-state index in [0.717, 1.165) is 0 Å². The van der Waals surface area contributed by atoms with Crippen molar-refractivity contribution in [2.75, 3.05) is 0 Å². The van der Waals surface area contributed by atoms with Gasteiger partial charge in [0.25, 0.3) is 0 Å². The first-order valence-electron chi connectivity index (χ1n) is 4.40. The van der Waals surface area contributed by atoms with Crippen LogP contribution in [0.2, 0.25) is 0 Å². The maximum Gasteiger partial charge on any atom is 0.417 e. The van der Waals surface area contributed by atoms with Crippen molar-refractivity contribution in [3.8, 4) is 5.75 Å². The molecule has 18 heavy (non-hydrogen) atoms. The lowest BCUT2D eigenvalue weighted by Gasteiger charge is -2.15. The first-order chi connectivity index (χ1) is 8.31. The maximum absolute atomic E-state index is 12.5. The highest BCUT2D eigenvalue weighted by Gasteiger charge is 2.35. The third-order valence-electron chi connectivity index (χ3n) is 1.98. The van der Waals surface area contributed by atoms with Crippen molar-refractivity contribution in [3.63, 3.8) is 0 Å². The average molecular weight is 268 g/mol. The van der Waals surface area contributed by atoms with Gasteiger partial charge in [0.2, 0.25) is 0 Å². The Bertz CT molecular complexity index is 467. The van der Waals surface area contributed by atoms with Gasteiger partial charge in [0.1, 0.15) is 5.75 Å². The minimum Gasteiger partial charge on any atom is -0.433 e. The van der Waals surface area contributed by atoms with Crippen LogP contribution in [0, 0.1) is 0 Å². The number of carbonyl (C=O) groups excluding carboxylic acids is 2. The monoisotopic (exact) mass is 268 g/mol. The van der Waals surface area contributed by atoms with Crippen LogP contribution >= 0.6 is 0 Å². The molecule has 0 fully saturated rings. The van der Waals surface area contributed by atoms with Gasteiger partial charge in [-0.2, -0.15) is 22.0 Å². The smallest absolute Gasteiger partial charge is 0.417 e. The van der Waals surface area contributed by atoms with Crippen LogP contribution in [-0.4, -0.2) is 19.2 Å². The van der Waals surface area contributed by atoms with Crippen molar-refractivity contribution >= 4 is 12.6 Å². The van der Waals surface area contributed by atoms with Crippen LogP contribution in [0.25, 0.3) is 0 Å². The molecule has 0 spiro atoms. The Morgan fingerprint density at radius 3 is 2.11 bits per heavy atom. The van der Waals surface area contributed by atoms with E-state index in [1.54, 1.807) is 0 Å². The van der Waals surface area contributed by atoms with Gasteiger partial charge in [-0.25, -0.2) is 0 Å². The van der Waals surface area contributed by atoms with Crippen molar-refractivity contribution in [1.82, 2.24) is 0 Å². The van der Waals surface area contributed by atoms with Crippen LogP contribution in [0.4, 0.5) is 22.0 Å². The van der Waals surface area contributed by atoms with E-state index in [4.69, 9.17) is 0 Å². The van der Waals surface area contributed by atoms with Gasteiger partial charge in [-0.3, -0.25) is 9.59 Å². The molecular weight excluding hydrogens is 263 g/mol. The quantitative estimate of drug-likeness (QED) is 0.623. The largest absolute Gasteiger partial charge is 0.433 e. The summed E-state index contributed by atoms with van der Waals surface area (Å²) in [6, 6.07) is 1.10. The molecule has 0 unspecified atom stereocenters. The summed E-state index contributed by atoms with van der Waals surface area (Å²) < 4.78 is 65.4. The number of aldehydes is 2. The van der Waals surface area contributed by atoms with E-state index in [1.165, 1.54) is 0 Å². The molecule has 8 heteroatoms. The van der Waals surface area contributed by atoms with Crippen molar-refractivity contribution in [1.29, 1.82) is 0 Å². The molecule has 0 N–H and O–H groups in total. The minimum atomic E-state index is -4.92. The zero-order chi connectivity index (χ0) is 13.9. The van der Waals surface area contributed by atoms with Crippen LogP contribution in [0.15, 0.2) is 12.1 Å². The number of hydrogen-bond donors (Lipinski definition) is 0. The Morgan fingerprint density at radius 2 is 1.72 bits per heavy atom. The first-order valence-corrected chi connectivity index (χ1v) is 4.40. The number of halogens is 5. The molecule has 0 heterocycles. The highest BCUT2D eigenvalue weighted by Crippen LogP contribution is 2.37. The van der Waals surface area contributed by atoms with Crippen molar-refractivity contribution in [2.45, 2.75) is 12.8 Å². The Kier molecular flexibility index (Phi) is 4.00. The summed E-state index contributed by atoms with van der Waals surface area (Å²) in [7, 11) is 0. The first kappa shape index (κ1) is 14.1. The van der Waals surface area contributed by atoms with E-state index in [2.05, 4.69) is 4.74 Å². The normalized spacial score (nSPS) is 11.4. The standard InChI is InChI=1S/C10H5F5O3/c11-9(12)18-8-5(3-16)1-2-7(6(8)4-17)10(13,14)15/h1-4,9H. The zero-order valence-corrected chi connectivity index (χ0v) is 8.50. The summed E-state index contributed by atoms with van der Waals surface area (Å²) >= 11 is 0. The summed E-state index contributed by atoms with van der Waals surface area (Å²) in [5.74, 6) is -1.08. The van der Waals surface area contributed by atoms with Gasteiger partial charge in [0, 0.05) is 0 Å². The maximum atomic E-state index is 12.5. The molecule has 0 aliphatic rings. The fourth-order valence-corrected chi connectivity index (χ4v) is 1.29. The van der Waals surface area contributed by atoms with Crippen molar-refractivity contribution in [3.05, 3.63) is 28.8 Å². The van der Waals surface area contributed by atoms with E-state index in [-0.39, 0.29) is 12.6 Å². The lowest BCUT2D eigenvalue weighted by Crippen LogP contribution is -2.14. The van der Waals surface area contributed by atoms with Gasteiger partial charge in [0.05, 0.1) is 16.7 Å². The molecule has 0 aliphatic carbocycles. The highest BCUT2D eigenvalue weighted by molar-refractivity contribution is 5.90. The van der Waals surface area contributed by atoms with Gasteiger partial charge in [-0.1, -0.05) is 0 Å². The number of hydrogen-bond acceptors (Lipinski definition) is 3. The van der Waals surface area contributed by atoms with Crippen LogP contribution in [0.3, 0.4) is 0 Å². The fraction of sp³-hybridized carbons (Fsp3) is 0.200. The van der Waals surface area contributed by atoms with E-state index in [9.17, 15) is 31.5 Å². The van der Waals surface area contributed by atoms with Gasteiger partial charge in [-0.15, -0.1) is 0 Å². The molecule has 3 nitrogen and oxygen atoms in total. The molecule has 0 saturated carbocycles. The Morgan fingerprint density at radius 1 is 1.11 bits per heavy atom. The van der Waals surface area contributed by atoms with Crippen LogP contribution < -0.4 is 4.74 Å². The molecule has 0 saturated heterocycles. The van der Waals surface area contributed by atoms with Gasteiger partial charge < -0.3 is 4.74 Å². The molecular formula is C10H5F5O3. The lowest BCUT2D eigenvalue weighted by atomic mass is 10.0. The SMILES string of the molecule is O=Cc1ccc(C(F)(F)F)c(C=O)c1OC(F)F. The molecule has 98 valence electrons. The van der Waals surface area contributed by atoms with E-state index >= 15 is 0 Å². The molecule has 1 aromatic carbocycles.